The summed E-state index contributed by atoms with van der Waals surface area (Å²) in [6.45, 7) is 24.9. The molecule has 188 valence electrons. The molecule has 0 rings (SSSR count). The van der Waals surface area contributed by atoms with Crippen LogP contribution < -0.4 is 0 Å². The lowest BCUT2D eigenvalue weighted by Crippen LogP contribution is -2.37. The third kappa shape index (κ3) is 13.4. The maximum absolute atomic E-state index is 12.7. The fourth-order valence-corrected chi connectivity index (χ4v) is 3.24. The molecule has 32 heavy (non-hydrogen) atoms. The quantitative estimate of drug-likeness (QED) is 0.160. The average molecular weight is 455 g/mol. The lowest BCUT2D eigenvalue weighted by Gasteiger charge is -2.33. The number of unbranched alkanes of at least 4 members (excludes halogenated alkanes) is 2. The number of ketones is 1. The number of ether oxygens (including phenoxy) is 3. The molecule has 0 aromatic carbocycles. The fraction of sp³-hybridized carbons (Fsp3) is 0.852. The van der Waals surface area contributed by atoms with E-state index in [0.717, 1.165) is 25.7 Å². The van der Waals surface area contributed by atoms with Gasteiger partial charge in [0.25, 0.3) is 0 Å². The second kappa shape index (κ2) is 12.9. The van der Waals surface area contributed by atoms with Gasteiger partial charge in [-0.2, -0.15) is 0 Å². The number of hydrogen-bond acceptors (Lipinski definition) is 5. The molecule has 0 saturated carbocycles. The Labute approximate surface area is 197 Å². The molecule has 5 nitrogen and oxygen atoms in total. The SMILES string of the molecule is C=CC(C)(C)OCCCCCC(=O)C(C)(C)OCCOC(=O)C(CC(C)(C)C)C(C)(C)C. The normalized spacial score (nSPS) is 14.2. The van der Waals surface area contributed by atoms with E-state index in [1.54, 1.807) is 19.9 Å². The van der Waals surface area contributed by atoms with Crippen LogP contribution in [0.5, 0.6) is 0 Å². The molecule has 0 spiro atoms. The number of hydrogen-bond donors (Lipinski definition) is 0. The van der Waals surface area contributed by atoms with E-state index in [2.05, 4.69) is 48.1 Å². The lowest BCUT2D eigenvalue weighted by molar-refractivity contribution is -0.158. The van der Waals surface area contributed by atoms with Crippen molar-refractivity contribution in [2.24, 2.45) is 16.7 Å². The molecule has 1 unspecified atom stereocenters. The van der Waals surface area contributed by atoms with Crippen LogP contribution in [0.25, 0.3) is 0 Å². The second-order valence-electron chi connectivity index (χ2n) is 12.1. The molecular formula is C27H50O5. The van der Waals surface area contributed by atoms with Gasteiger partial charge >= 0.3 is 5.97 Å². The van der Waals surface area contributed by atoms with Gasteiger partial charge in [0.15, 0.2) is 5.78 Å². The maximum Gasteiger partial charge on any atom is 0.309 e. The van der Waals surface area contributed by atoms with Crippen molar-refractivity contribution in [3.05, 3.63) is 12.7 Å². The first-order valence-electron chi connectivity index (χ1n) is 12.0. The van der Waals surface area contributed by atoms with E-state index in [4.69, 9.17) is 14.2 Å². The van der Waals surface area contributed by atoms with Gasteiger partial charge in [0.2, 0.25) is 0 Å². The highest BCUT2D eigenvalue weighted by atomic mass is 16.6. The Bertz CT molecular complexity index is 590. The highest BCUT2D eigenvalue weighted by molar-refractivity contribution is 5.86. The Kier molecular flexibility index (Phi) is 12.4. The highest BCUT2D eigenvalue weighted by Gasteiger charge is 2.36. The minimum Gasteiger partial charge on any atom is -0.463 e. The monoisotopic (exact) mass is 454 g/mol. The Morgan fingerprint density at radius 3 is 1.91 bits per heavy atom. The molecule has 0 aliphatic carbocycles. The van der Waals surface area contributed by atoms with E-state index < -0.39 is 5.60 Å². The molecule has 0 aromatic heterocycles. The molecular weight excluding hydrogens is 404 g/mol. The highest BCUT2D eigenvalue weighted by Crippen LogP contribution is 2.36. The minimum atomic E-state index is -0.886. The van der Waals surface area contributed by atoms with E-state index in [-0.39, 0.29) is 47.3 Å². The molecule has 0 heterocycles. The van der Waals surface area contributed by atoms with Gasteiger partial charge in [0.1, 0.15) is 12.2 Å². The third-order valence-corrected chi connectivity index (χ3v) is 5.62. The number of carbonyl (C=O) groups excluding carboxylic acids is 2. The van der Waals surface area contributed by atoms with Crippen molar-refractivity contribution in [1.82, 2.24) is 0 Å². The zero-order valence-corrected chi connectivity index (χ0v) is 22.6. The molecule has 5 heteroatoms. The standard InChI is InChI=1S/C27H50O5/c1-12-26(8,9)31-17-15-13-14-16-22(28)27(10,11)32-19-18-30-23(29)21(25(5,6)7)20-24(2,3)4/h12,21H,1,13-20H2,2-11H3. The molecule has 1 atom stereocenters. The summed E-state index contributed by atoms with van der Waals surface area (Å²) in [4.78, 5) is 25.2. The smallest absolute Gasteiger partial charge is 0.309 e. The summed E-state index contributed by atoms with van der Waals surface area (Å²) in [5.74, 6) is -0.309. The van der Waals surface area contributed by atoms with Crippen molar-refractivity contribution < 1.29 is 23.8 Å². The average Bonchev–Trinajstić information content (AvgIpc) is 2.64. The largest absolute Gasteiger partial charge is 0.463 e. The van der Waals surface area contributed by atoms with Crippen molar-refractivity contribution in [1.29, 1.82) is 0 Å². The minimum absolute atomic E-state index is 0.0376. The van der Waals surface area contributed by atoms with Crippen molar-refractivity contribution in [3.63, 3.8) is 0 Å². The van der Waals surface area contributed by atoms with Crippen LogP contribution in [0.2, 0.25) is 0 Å². The van der Waals surface area contributed by atoms with Gasteiger partial charge in [-0.25, -0.2) is 0 Å². The molecule has 0 radical (unpaired) electrons. The summed E-state index contributed by atoms with van der Waals surface area (Å²) in [6.07, 6.45) is 5.66. The molecule has 0 aliphatic rings. The van der Waals surface area contributed by atoms with Crippen molar-refractivity contribution in [2.45, 2.75) is 113 Å². The Hall–Kier alpha value is -1.20. The van der Waals surface area contributed by atoms with Crippen molar-refractivity contribution in [2.75, 3.05) is 19.8 Å². The predicted octanol–water partition coefficient (Wildman–Crippen LogP) is 6.53. The van der Waals surface area contributed by atoms with E-state index >= 15 is 0 Å². The van der Waals surface area contributed by atoms with Crippen LogP contribution in [-0.4, -0.2) is 42.8 Å². The fourth-order valence-electron chi connectivity index (χ4n) is 3.24. The molecule has 0 N–H and O–H groups in total. The molecule has 0 saturated heterocycles. The van der Waals surface area contributed by atoms with E-state index in [1.807, 2.05) is 13.8 Å². The van der Waals surface area contributed by atoms with Crippen LogP contribution in [0.15, 0.2) is 12.7 Å². The van der Waals surface area contributed by atoms with Crippen LogP contribution in [-0.2, 0) is 23.8 Å². The third-order valence-electron chi connectivity index (χ3n) is 5.62. The van der Waals surface area contributed by atoms with E-state index in [1.165, 1.54) is 0 Å². The van der Waals surface area contributed by atoms with Gasteiger partial charge in [-0.1, -0.05) is 54.0 Å². The number of rotatable bonds is 15. The molecule has 0 amide bonds. The number of Topliss-reactive ketones (excluding diaryl/α,β-unsaturated/α-hetero) is 1. The first-order valence-corrected chi connectivity index (χ1v) is 12.0. The Morgan fingerprint density at radius 2 is 1.41 bits per heavy atom. The Morgan fingerprint density at radius 1 is 0.812 bits per heavy atom. The van der Waals surface area contributed by atoms with Gasteiger partial charge in [-0.05, 0) is 57.8 Å². The van der Waals surface area contributed by atoms with Gasteiger partial charge in [-0.15, -0.1) is 6.58 Å². The van der Waals surface area contributed by atoms with Crippen LogP contribution in [0.1, 0.15) is 101 Å². The van der Waals surface area contributed by atoms with Gasteiger partial charge in [0, 0.05) is 13.0 Å². The van der Waals surface area contributed by atoms with Crippen LogP contribution >= 0.6 is 0 Å². The van der Waals surface area contributed by atoms with Crippen LogP contribution in [0.4, 0.5) is 0 Å². The molecule has 0 aromatic rings. The van der Waals surface area contributed by atoms with Crippen molar-refractivity contribution >= 4 is 11.8 Å². The van der Waals surface area contributed by atoms with Crippen molar-refractivity contribution in [3.8, 4) is 0 Å². The summed E-state index contributed by atoms with van der Waals surface area (Å²) in [6, 6.07) is 0. The summed E-state index contributed by atoms with van der Waals surface area (Å²) in [7, 11) is 0. The lowest BCUT2D eigenvalue weighted by atomic mass is 9.72. The molecule has 0 bridgehead atoms. The van der Waals surface area contributed by atoms with Gasteiger partial charge < -0.3 is 14.2 Å². The molecule has 0 fully saturated rings. The van der Waals surface area contributed by atoms with E-state index in [9.17, 15) is 9.59 Å². The Balaban J connectivity index is 4.32. The van der Waals surface area contributed by atoms with Gasteiger partial charge in [0.05, 0.1) is 18.1 Å². The summed E-state index contributed by atoms with van der Waals surface area (Å²) < 4.78 is 17.0. The van der Waals surface area contributed by atoms with E-state index in [0.29, 0.717) is 13.0 Å². The summed E-state index contributed by atoms with van der Waals surface area (Å²) >= 11 is 0. The molecule has 0 aliphatic heterocycles. The second-order valence-corrected chi connectivity index (χ2v) is 12.1. The zero-order valence-electron chi connectivity index (χ0n) is 22.6. The first kappa shape index (κ1) is 30.8. The number of carbonyl (C=O) groups is 2. The van der Waals surface area contributed by atoms with Crippen LogP contribution in [0, 0.1) is 16.7 Å². The predicted molar refractivity (Wildman–Crippen MR) is 132 cm³/mol. The first-order chi connectivity index (χ1) is 14.4. The summed E-state index contributed by atoms with van der Waals surface area (Å²) in [5, 5.41) is 0. The van der Waals surface area contributed by atoms with Crippen LogP contribution in [0.3, 0.4) is 0 Å². The van der Waals surface area contributed by atoms with Gasteiger partial charge in [-0.3, -0.25) is 9.59 Å². The zero-order chi connectivity index (χ0) is 25.2. The maximum atomic E-state index is 12.7. The number of esters is 1. The summed E-state index contributed by atoms with van der Waals surface area (Å²) in [5.41, 5.74) is -1.33. The topological polar surface area (TPSA) is 61.8 Å².